The van der Waals surface area contributed by atoms with Crippen LogP contribution in [0.25, 0.3) is 10.9 Å². The molecule has 1 N–H and O–H groups in total. The second kappa shape index (κ2) is 5.39. The van der Waals surface area contributed by atoms with Crippen molar-refractivity contribution in [3.05, 3.63) is 60.3 Å². The number of benzene rings is 2. The second-order valence-electron chi connectivity index (χ2n) is 4.36. The minimum absolute atomic E-state index is 0.114. The van der Waals surface area contributed by atoms with Crippen LogP contribution in [0.4, 0.5) is 11.4 Å². The number of nitrogens with zero attached hydrogens (tertiary/aromatic N) is 4. The zero-order chi connectivity index (χ0) is 14.7. The number of aromatic hydroxyl groups is 1. The Morgan fingerprint density at radius 2 is 1.81 bits per heavy atom. The molecular formula is C16H10N4O. The van der Waals surface area contributed by atoms with Gasteiger partial charge in [-0.05, 0) is 48.5 Å². The molecule has 0 atom stereocenters. The van der Waals surface area contributed by atoms with E-state index in [2.05, 4.69) is 21.3 Å². The Hall–Kier alpha value is -3.26. The van der Waals surface area contributed by atoms with Crippen molar-refractivity contribution in [1.82, 2.24) is 4.98 Å². The lowest BCUT2D eigenvalue weighted by Crippen LogP contribution is -1.79. The number of fused-ring (bicyclic) bond motifs is 1. The number of phenolic OH excluding ortho intramolecular Hbond substituents is 1. The number of hydrogen-bond donors (Lipinski definition) is 1. The van der Waals surface area contributed by atoms with Crippen LogP contribution in [0, 0.1) is 11.3 Å². The largest absolute Gasteiger partial charge is 0.506 e. The van der Waals surface area contributed by atoms with Crippen molar-refractivity contribution in [3.63, 3.8) is 0 Å². The highest BCUT2D eigenvalue weighted by Gasteiger charge is 2.05. The predicted octanol–water partition coefficient (Wildman–Crippen LogP) is 4.23. The molecule has 5 heteroatoms. The summed E-state index contributed by atoms with van der Waals surface area (Å²) in [6.07, 6.45) is 1.61. The molecule has 1 heterocycles. The van der Waals surface area contributed by atoms with E-state index in [1.165, 1.54) is 0 Å². The fraction of sp³-hybridized carbons (Fsp3) is 0. The number of nitriles is 1. The highest BCUT2D eigenvalue weighted by atomic mass is 16.3. The number of azo groups is 1. The molecule has 1 aromatic heterocycles. The van der Waals surface area contributed by atoms with Gasteiger partial charge in [-0.15, -0.1) is 5.11 Å². The van der Waals surface area contributed by atoms with Crippen molar-refractivity contribution >= 4 is 22.3 Å². The first-order valence-electron chi connectivity index (χ1n) is 6.26. The van der Waals surface area contributed by atoms with E-state index in [9.17, 15) is 5.11 Å². The van der Waals surface area contributed by atoms with Gasteiger partial charge in [-0.2, -0.15) is 10.4 Å². The van der Waals surface area contributed by atoms with Crippen LogP contribution in [0.1, 0.15) is 5.56 Å². The van der Waals surface area contributed by atoms with Crippen molar-refractivity contribution in [2.24, 2.45) is 10.2 Å². The molecule has 0 saturated carbocycles. The van der Waals surface area contributed by atoms with Crippen LogP contribution in [0.3, 0.4) is 0 Å². The molecule has 0 aliphatic carbocycles. The molecule has 0 amide bonds. The van der Waals surface area contributed by atoms with E-state index < -0.39 is 0 Å². The average molecular weight is 274 g/mol. The quantitative estimate of drug-likeness (QED) is 0.710. The van der Waals surface area contributed by atoms with Gasteiger partial charge in [0.25, 0.3) is 0 Å². The standard InChI is InChI=1S/C16H10N4O/c17-10-11-3-5-12(6-4-11)19-20-14-7-8-15(21)16-13(14)2-1-9-18-16/h1-9,21H. The molecule has 0 fully saturated rings. The van der Waals surface area contributed by atoms with E-state index in [-0.39, 0.29) is 5.75 Å². The van der Waals surface area contributed by atoms with Gasteiger partial charge in [0.05, 0.1) is 23.0 Å². The molecule has 2 aromatic carbocycles. The third-order valence-electron chi connectivity index (χ3n) is 2.99. The molecule has 0 aliphatic heterocycles. The van der Waals surface area contributed by atoms with Gasteiger partial charge in [0.2, 0.25) is 0 Å². The number of pyridine rings is 1. The monoisotopic (exact) mass is 274 g/mol. The van der Waals surface area contributed by atoms with Gasteiger partial charge in [-0.3, -0.25) is 4.98 Å². The first-order chi connectivity index (χ1) is 10.3. The third-order valence-corrected chi connectivity index (χ3v) is 2.99. The Bertz CT molecular complexity index is 864. The van der Waals surface area contributed by atoms with Gasteiger partial charge in [-0.25, -0.2) is 0 Å². The van der Waals surface area contributed by atoms with Crippen LogP contribution in [0.2, 0.25) is 0 Å². The third kappa shape index (κ3) is 2.55. The van der Waals surface area contributed by atoms with E-state index in [1.54, 1.807) is 48.7 Å². The van der Waals surface area contributed by atoms with E-state index in [0.29, 0.717) is 22.5 Å². The predicted molar refractivity (Wildman–Crippen MR) is 78.7 cm³/mol. The van der Waals surface area contributed by atoms with Crippen LogP contribution in [-0.4, -0.2) is 10.1 Å². The maximum absolute atomic E-state index is 9.77. The molecule has 0 saturated heterocycles. The van der Waals surface area contributed by atoms with Gasteiger partial charge < -0.3 is 5.11 Å². The molecule has 100 valence electrons. The van der Waals surface area contributed by atoms with Crippen LogP contribution < -0.4 is 0 Å². The smallest absolute Gasteiger partial charge is 0.141 e. The van der Waals surface area contributed by atoms with Crippen molar-refractivity contribution in [2.75, 3.05) is 0 Å². The number of hydrogen-bond acceptors (Lipinski definition) is 5. The van der Waals surface area contributed by atoms with Crippen LogP contribution in [0.15, 0.2) is 65.0 Å². The van der Waals surface area contributed by atoms with E-state index in [4.69, 9.17) is 5.26 Å². The topological polar surface area (TPSA) is 81.6 Å². The molecule has 0 bridgehead atoms. The Kier molecular flexibility index (Phi) is 3.27. The molecular weight excluding hydrogens is 264 g/mol. The normalized spacial score (nSPS) is 10.8. The highest BCUT2D eigenvalue weighted by molar-refractivity contribution is 5.93. The molecule has 21 heavy (non-hydrogen) atoms. The van der Waals surface area contributed by atoms with Gasteiger partial charge in [-0.1, -0.05) is 0 Å². The van der Waals surface area contributed by atoms with E-state index >= 15 is 0 Å². The van der Waals surface area contributed by atoms with Gasteiger partial charge in [0, 0.05) is 11.6 Å². The summed E-state index contributed by atoms with van der Waals surface area (Å²) >= 11 is 0. The maximum atomic E-state index is 9.77. The minimum atomic E-state index is 0.114. The van der Waals surface area contributed by atoms with Crippen molar-refractivity contribution < 1.29 is 5.11 Å². The lowest BCUT2D eigenvalue weighted by atomic mass is 10.2. The van der Waals surface area contributed by atoms with Crippen molar-refractivity contribution in [2.45, 2.75) is 0 Å². The minimum Gasteiger partial charge on any atom is -0.506 e. The second-order valence-corrected chi connectivity index (χ2v) is 4.36. The molecule has 3 rings (SSSR count). The van der Waals surface area contributed by atoms with Crippen LogP contribution >= 0.6 is 0 Å². The van der Waals surface area contributed by atoms with E-state index in [1.807, 2.05) is 6.07 Å². The molecule has 0 unspecified atom stereocenters. The van der Waals surface area contributed by atoms with Crippen LogP contribution in [-0.2, 0) is 0 Å². The average Bonchev–Trinajstić information content (AvgIpc) is 2.55. The lowest BCUT2D eigenvalue weighted by molar-refractivity contribution is 0.480. The molecule has 3 aromatic rings. The lowest BCUT2D eigenvalue weighted by Gasteiger charge is -2.02. The summed E-state index contributed by atoms with van der Waals surface area (Å²) in [4.78, 5) is 4.13. The first-order valence-corrected chi connectivity index (χ1v) is 6.26. The fourth-order valence-electron chi connectivity index (χ4n) is 1.94. The van der Waals surface area contributed by atoms with Gasteiger partial charge in [0.1, 0.15) is 11.3 Å². The summed E-state index contributed by atoms with van der Waals surface area (Å²) < 4.78 is 0. The van der Waals surface area contributed by atoms with E-state index in [0.717, 1.165) is 5.39 Å². The fourth-order valence-corrected chi connectivity index (χ4v) is 1.94. The number of phenols is 1. The SMILES string of the molecule is N#Cc1ccc(N=Nc2ccc(O)c3ncccc23)cc1. The summed E-state index contributed by atoms with van der Waals surface area (Å²) in [5, 5.41) is 27.6. The Morgan fingerprint density at radius 1 is 1.00 bits per heavy atom. The zero-order valence-electron chi connectivity index (χ0n) is 10.9. The van der Waals surface area contributed by atoms with Crippen molar-refractivity contribution in [3.8, 4) is 11.8 Å². The zero-order valence-corrected chi connectivity index (χ0v) is 10.9. The summed E-state index contributed by atoms with van der Waals surface area (Å²) in [6, 6.07) is 15.7. The Balaban J connectivity index is 1.99. The Morgan fingerprint density at radius 3 is 2.57 bits per heavy atom. The summed E-state index contributed by atoms with van der Waals surface area (Å²) in [6.45, 7) is 0. The molecule has 0 spiro atoms. The maximum Gasteiger partial charge on any atom is 0.141 e. The molecule has 0 aliphatic rings. The molecule has 0 radical (unpaired) electrons. The van der Waals surface area contributed by atoms with Crippen LogP contribution in [0.5, 0.6) is 5.75 Å². The molecule has 5 nitrogen and oxygen atoms in total. The van der Waals surface area contributed by atoms with Gasteiger partial charge >= 0.3 is 0 Å². The summed E-state index contributed by atoms with van der Waals surface area (Å²) in [7, 11) is 0. The number of rotatable bonds is 2. The highest BCUT2D eigenvalue weighted by Crippen LogP contribution is 2.31. The Labute approximate surface area is 120 Å². The summed E-state index contributed by atoms with van der Waals surface area (Å²) in [5.41, 5.74) is 2.35. The van der Waals surface area contributed by atoms with Gasteiger partial charge in [0.15, 0.2) is 0 Å². The summed E-state index contributed by atoms with van der Waals surface area (Å²) in [5.74, 6) is 0.114. The van der Waals surface area contributed by atoms with Crippen molar-refractivity contribution in [1.29, 1.82) is 5.26 Å². The number of aromatic nitrogens is 1. The first kappa shape index (κ1) is 12.8.